The number of alkyl halides is 3. The van der Waals surface area contributed by atoms with E-state index in [0.717, 1.165) is 36.3 Å². The van der Waals surface area contributed by atoms with E-state index in [2.05, 4.69) is 15.0 Å². The molecule has 0 radical (unpaired) electrons. The monoisotopic (exact) mass is 437 g/mol. The average molecular weight is 437 g/mol. The van der Waals surface area contributed by atoms with Crippen molar-refractivity contribution < 1.29 is 27.5 Å². The number of pyridine rings is 2. The van der Waals surface area contributed by atoms with Gasteiger partial charge >= 0.3 is 12.1 Å². The molecule has 166 valence electrons. The summed E-state index contributed by atoms with van der Waals surface area (Å²) in [7, 11) is 1.22. The van der Waals surface area contributed by atoms with Crippen LogP contribution in [0.2, 0.25) is 0 Å². The van der Waals surface area contributed by atoms with Crippen molar-refractivity contribution in [2.45, 2.75) is 44.3 Å². The largest absolute Gasteiger partial charge is 0.465 e. The van der Waals surface area contributed by atoms with E-state index < -0.39 is 35.2 Å². The van der Waals surface area contributed by atoms with Crippen molar-refractivity contribution >= 4 is 17.7 Å². The molecule has 1 atom stereocenters. The van der Waals surface area contributed by atoms with Gasteiger partial charge in [-0.05, 0) is 30.5 Å². The van der Waals surface area contributed by atoms with Gasteiger partial charge in [0, 0.05) is 18.5 Å². The number of carbonyl (C=O) groups excluding carboxylic acids is 2. The number of hydrogen-bond acceptors (Lipinski definition) is 5. The van der Waals surface area contributed by atoms with Gasteiger partial charge in [0.25, 0.3) is 5.56 Å². The molecular weight excluding hydrogens is 415 g/mol. The minimum absolute atomic E-state index is 0.106. The van der Waals surface area contributed by atoms with E-state index in [9.17, 15) is 27.6 Å². The molecule has 0 spiro atoms. The first-order valence-electron chi connectivity index (χ1n) is 9.83. The van der Waals surface area contributed by atoms with E-state index in [1.807, 2.05) is 0 Å². The van der Waals surface area contributed by atoms with E-state index in [0.29, 0.717) is 12.3 Å². The second-order valence-electron chi connectivity index (χ2n) is 7.48. The van der Waals surface area contributed by atoms with Crippen LogP contribution in [0.15, 0.2) is 41.5 Å². The molecule has 1 aliphatic carbocycles. The van der Waals surface area contributed by atoms with E-state index in [-0.39, 0.29) is 23.7 Å². The highest BCUT2D eigenvalue weighted by Crippen LogP contribution is 2.33. The summed E-state index contributed by atoms with van der Waals surface area (Å²) in [5.41, 5.74) is -1.52. The molecule has 2 aromatic heterocycles. The summed E-state index contributed by atoms with van der Waals surface area (Å²) in [6.07, 6.45) is 1.16. The van der Waals surface area contributed by atoms with Gasteiger partial charge in [0.05, 0.1) is 18.2 Å². The maximum Gasteiger partial charge on any atom is 0.417 e. The van der Waals surface area contributed by atoms with Gasteiger partial charge in [-0.1, -0.05) is 25.7 Å². The molecule has 0 saturated heterocycles. The molecular formula is C21H22F3N3O4. The van der Waals surface area contributed by atoms with Crippen molar-refractivity contribution in [1.82, 2.24) is 9.55 Å². The molecule has 1 aliphatic rings. The van der Waals surface area contributed by atoms with Crippen LogP contribution in [-0.2, 0) is 15.7 Å². The molecule has 1 unspecified atom stereocenters. The van der Waals surface area contributed by atoms with Crippen LogP contribution in [0.4, 0.5) is 19.0 Å². The van der Waals surface area contributed by atoms with Crippen LogP contribution in [0.5, 0.6) is 0 Å². The van der Waals surface area contributed by atoms with Gasteiger partial charge in [0.15, 0.2) is 0 Å². The summed E-state index contributed by atoms with van der Waals surface area (Å²) >= 11 is 0. The Balaban J connectivity index is 1.89. The molecule has 31 heavy (non-hydrogen) atoms. The molecule has 1 fully saturated rings. The van der Waals surface area contributed by atoms with Crippen molar-refractivity contribution in [2.75, 3.05) is 12.4 Å². The molecule has 7 nitrogen and oxygen atoms in total. The van der Waals surface area contributed by atoms with Crippen LogP contribution in [0, 0.1) is 5.92 Å². The van der Waals surface area contributed by atoms with Crippen LogP contribution in [0.1, 0.15) is 54.1 Å². The third-order valence-corrected chi connectivity index (χ3v) is 5.37. The topological polar surface area (TPSA) is 90.3 Å². The Morgan fingerprint density at radius 2 is 1.94 bits per heavy atom. The van der Waals surface area contributed by atoms with Gasteiger partial charge in [0.2, 0.25) is 5.91 Å². The number of nitrogens with zero attached hydrogens (tertiary/aromatic N) is 2. The minimum Gasteiger partial charge on any atom is -0.465 e. The number of carbonyl (C=O) groups is 2. The Morgan fingerprint density at radius 3 is 2.52 bits per heavy atom. The number of methoxy groups -OCH3 is 1. The first kappa shape index (κ1) is 22.5. The van der Waals surface area contributed by atoms with Crippen molar-refractivity contribution in [3.63, 3.8) is 0 Å². The number of ether oxygens (including phenoxy) is 1. The number of aromatic nitrogens is 2. The van der Waals surface area contributed by atoms with Crippen LogP contribution < -0.4 is 10.9 Å². The van der Waals surface area contributed by atoms with Gasteiger partial charge in [-0.25, -0.2) is 9.78 Å². The smallest absolute Gasteiger partial charge is 0.417 e. The molecule has 1 saturated carbocycles. The predicted octanol–water partition coefficient (Wildman–Crippen LogP) is 3.81. The van der Waals surface area contributed by atoms with Crippen LogP contribution in [0.3, 0.4) is 0 Å². The first-order chi connectivity index (χ1) is 14.7. The van der Waals surface area contributed by atoms with Crippen molar-refractivity contribution in [2.24, 2.45) is 5.92 Å². The van der Waals surface area contributed by atoms with E-state index in [1.165, 1.54) is 25.4 Å². The number of rotatable bonds is 6. The third-order valence-electron chi connectivity index (χ3n) is 5.37. The summed E-state index contributed by atoms with van der Waals surface area (Å²) in [6, 6.07) is 3.18. The molecule has 2 heterocycles. The van der Waals surface area contributed by atoms with Crippen LogP contribution in [-0.4, -0.2) is 28.5 Å². The van der Waals surface area contributed by atoms with Gasteiger partial charge in [-0.2, -0.15) is 13.2 Å². The average Bonchev–Trinajstić information content (AvgIpc) is 3.25. The molecule has 1 N–H and O–H groups in total. The number of esters is 1. The standard InChI is InChI=1S/C21H22F3N3O4/c1-31-20(30)14-6-8-17(25-11-14)26-19(29)16(10-13-4-2-3-5-13)27-12-15(21(22,23)24)7-9-18(27)28/h6-9,11-13,16H,2-5,10H2,1H3,(H,25,26,29). The lowest BCUT2D eigenvalue weighted by Gasteiger charge is -2.23. The highest BCUT2D eigenvalue weighted by atomic mass is 19.4. The normalized spacial score (nSPS) is 15.5. The Labute approximate surface area is 176 Å². The fraction of sp³-hybridized carbons (Fsp3) is 0.429. The van der Waals surface area contributed by atoms with Crippen LogP contribution in [0.25, 0.3) is 0 Å². The number of halogens is 3. The molecule has 0 bridgehead atoms. The first-order valence-corrected chi connectivity index (χ1v) is 9.83. The summed E-state index contributed by atoms with van der Waals surface area (Å²) in [5.74, 6) is -1.01. The second kappa shape index (κ2) is 9.32. The van der Waals surface area contributed by atoms with Gasteiger partial charge in [0.1, 0.15) is 11.9 Å². The van der Waals surface area contributed by atoms with Gasteiger partial charge < -0.3 is 14.6 Å². The van der Waals surface area contributed by atoms with E-state index >= 15 is 0 Å². The number of hydrogen-bond donors (Lipinski definition) is 1. The van der Waals surface area contributed by atoms with Gasteiger partial charge in [-0.3, -0.25) is 9.59 Å². The quantitative estimate of drug-likeness (QED) is 0.694. The molecule has 0 aliphatic heterocycles. The third kappa shape index (κ3) is 5.50. The molecule has 0 aromatic carbocycles. The lowest BCUT2D eigenvalue weighted by Crippen LogP contribution is -2.35. The summed E-state index contributed by atoms with van der Waals surface area (Å²) in [4.78, 5) is 40.9. The molecule has 1 amide bonds. The van der Waals surface area contributed by atoms with E-state index in [1.54, 1.807) is 0 Å². The molecule has 2 aromatic rings. The fourth-order valence-electron chi connectivity index (χ4n) is 3.74. The maximum absolute atomic E-state index is 13.2. The lowest BCUT2D eigenvalue weighted by atomic mass is 9.97. The van der Waals surface area contributed by atoms with Gasteiger partial charge in [-0.15, -0.1) is 0 Å². The minimum atomic E-state index is -4.64. The highest BCUT2D eigenvalue weighted by Gasteiger charge is 2.33. The fourth-order valence-corrected chi connectivity index (χ4v) is 3.74. The molecule has 3 rings (SSSR count). The Kier molecular flexibility index (Phi) is 6.77. The summed E-state index contributed by atoms with van der Waals surface area (Å²) in [6.45, 7) is 0. The summed E-state index contributed by atoms with van der Waals surface area (Å²) in [5, 5.41) is 2.54. The Hall–Kier alpha value is -3.17. The van der Waals surface area contributed by atoms with Crippen molar-refractivity contribution in [1.29, 1.82) is 0 Å². The highest BCUT2D eigenvalue weighted by molar-refractivity contribution is 5.93. The summed E-state index contributed by atoms with van der Waals surface area (Å²) < 4.78 is 45.0. The van der Waals surface area contributed by atoms with Crippen molar-refractivity contribution in [3.8, 4) is 0 Å². The SMILES string of the molecule is COC(=O)c1ccc(NC(=O)C(CC2CCCC2)n2cc(C(F)(F)F)ccc2=O)nc1. The second-order valence-corrected chi connectivity index (χ2v) is 7.48. The Morgan fingerprint density at radius 1 is 1.23 bits per heavy atom. The Bertz CT molecular complexity index is 996. The maximum atomic E-state index is 13.2. The predicted molar refractivity (Wildman–Crippen MR) is 106 cm³/mol. The van der Waals surface area contributed by atoms with Crippen molar-refractivity contribution in [3.05, 3.63) is 58.1 Å². The zero-order valence-corrected chi connectivity index (χ0v) is 16.8. The number of anilines is 1. The van der Waals surface area contributed by atoms with E-state index in [4.69, 9.17) is 0 Å². The number of amides is 1. The zero-order valence-electron chi connectivity index (χ0n) is 16.8. The lowest BCUT2D eigenvalue weighted by molar-refractivity contribution is -0.138. The van der Waals surface area contributed by atoms with Crippen LogP contribution >= 0.6 is 0 Å². The molecule has 10 heteroatoms. The number of nitrogens with one attached hydrogen (secondary N) is 1. The zero-order chi connectivity index (χ0) is 22.6.